The molecule has 1 aromatic carbocycles. The van der Waals surface area contributed by atoms with Crippen LogP contribution in [0.4, 0.5) is 10.1 Å². The molecule has 0 aromatic heterocycles. The van der Waals surface area contributed by atoms with Crippen LogP contribution in [-0.2, 0) is 16.0 Å². The monoisotopic (exact) mass is 334 g/mol. The van der Waals surface area contributed by atoms with E-state index in [0.717, 1.165) is 19.5 Å². The third kappa shape index (κ3) is 4.87. The molecule has 24 heavy (non-hydrogen) atoms. The van der Waals surface area contributed by atoms with Crippen molar-refractivity contribution in [1.29, 1.82) is 0 Å². The predicted octanol–water partition coefficient (Wildman–Crippen LogP) is 1.45. The number of anilines is 1. The molecule has 1 aromatic rings. The molecule has 0 aliphatic carbocycles. The van der Waals surface area contributed by atoms with Gasteiger partial charge in [-0.1, -0.05) is 6.07 Å². The van der Waals surface area contributed by atoms with E-state index in [1.165, 1.54) is 11.6 Å². The van der Waals surface area contributed by atoms with Crippen LogP contribution in [0.3, 0.4) is 0 Å². The second-order valence-electron chi connectivity index (χ2n) is 5.52. The summed E-state index contributed by atoms with van der Waals surface area (Å²) in [6.07, 6.45) is 3.74. The number of benzene rings is 1. The van der Waals surface area contributed by atoms with Crippen LogP contribution in [0.1, 0.15) is 12.0 Å². The third-order valence-corrected chi connectivity index (χ3v) is 3.65. The number of hydrogen-bond donors (Lipinski definition) is 3. The molecule has 1 unspecified atom stereocenters. The summed E-state index contributed by atoms with van der Waals surface area (Å²) < 4.78 is 18.0. The quantitative estimate of drug-likeness (QED) is 0.730. The van der Waals surface area contributed by atoms with Gasteiger partial charge in [0.25, 0.3) is 0 Å². The molecule has 7 heteroatoms. The average molecular weight is 334 g/mol. The lowest BCUT2D eigenvalue weighted by molar-refractivity contribution is -0.107. The highest BCUT2D eigenvalue weighted by molar-refractivity contribution is 5.95. The minimum atomic E-state index is -0.390. The Labute approximate surface area is 141 Å². The second-order valence-corrected chi connectivity index (χ2v) is 5.52. The van der Waals surface area contributed by atoms with Gasteiger partial charge in [-0.2, -0.15) is 0 Å². The van der Waals surface area contributed by atoms with E-state index in [9.17, 15) is 9.18 Å². The van der Waals surface area contributed by atoms with Crippen LogP contribution in [0, 0.1) is 5.82 Å². The van der Waals surface area contributed by atoms with Crippen molar-refractivity contribution >= 4 is 17.9 Å². The van der Waals surface area contributed by atoms with E-state index in [1.54, 1.807) is 26.4 Å². The topological polar surface area (TPSA) is 74.8 Å². The normalized spacial score (nSPS) is 18.9. The Bertz CT molecular complexity index is 631. The van der Waals surface area contributed by atoms with Crippen molar-refractivity contribution in [1.82, 2.24) is 10.6 Å². The van der Waals surface area contributed by atoms with Crippen LogP contribution >= 0.6 is 0 Å². The van der Waals surface area contributed by atoms with Gasteiger partial charge < -0.3 is 25.5 Å². The average Bonchev–Trinajstić information content (AvgIpc) is 2.58. The van der Waals surface area contributed by atoms with Crippen molar-refractivity contribution in [2.75, 3.05) is 32.6 Å². The number of guanidine groups is 1. The number of aldehydes is 1. The van der Waals surface area contributed by atoms with Gasteiger partial charge in [0.1, 0.15) is 12.1 Å². The summed E-state index contributed by atoms with van der Waals surface area (Å²) >= 11 is 0. The maximum Gasteiger partial charge on any atom is 0.200 e. The number of aliphatic imine (C=N–C) groups is 1. The number of nitrogens with zero attached hydrogens (tertiary/aromatic N) is 1. The number of nitrogens with one attached hydrogen (secondary N) is 3. The van der Waals surface area contributed by atoms with Crippen LogP contribution in [0.25, 0.3) is 0 Å². The van der Waals surface area contributed by atoms with Gasteiger partial charge in [-0.15, -0.1) is 0 Å². The molecular formula is C17H23FN4O2. The van der Waals surface area contributed by atoms with E-state index >= 15 is 0 Å². The molecule has 2 heterocycles. The van der Waals surface area contributed by atoms with E-state index in [4.69, 9.17) is 0 Å². The molecule has 0 radical (unpaired) electrons. The number of piperidine rings is 1. The van der Waals surface area contributed by atoms with Crippen molar-refractivity contribution in [3.8, 4) is 0 Å². The highest BCUT2D eigenvalue weighted by Gasteiger charge is 2.21. The number of methoxy groups -OCH3 is 1. The second kappa shape index (κ2) is 9.14. The number of rotatable bonds is 3. The number of ether oxygens (including phenoxy) is 1. The summed E-state index contributed by atoms with van der Waals surface area (Å²) in [4.78, 5) is 15.0. The maximum atomic E-state index is 13.8. The molecule has 1 saturated heterocycles. The summed E-state index contributed by atoms with van der Waals surface area (Å²) in [6.45, 7) is 1.80. The predicted molar refractivity (Wildman–Crippen MR) is 92.7 cm³/mol. The third-order valence-electron chi connectivity index (χ3n) is 3.65. The van der Waals surface area contributed by atoms with Crippen molar-refractivity contribution < 1.29 is 13.9 Å². The Morgan fingerprint density at radius 3 is 2.96 bits per heavy atom. The van der Waals surface area contributed by atoms with Crippen LogP contribution in [-0.4, -0.2) is 45.6 Å². The first-order chi connectivity index (χ1) is 11.7. The first-order valence-corrected chi connectivity index (χ1v) is 7.81. The van der Waals surface area contributed by atoms with E-state index in [2.05, 4.69) is 25.7 Å². The van der Waals surface area contributed by atoms with Crippen LogP contribution in [0.5, 0.6) is 0 Å². The fourth-order valence-electron chi connectivity index (χ4n) is 2.51. The van der Waals surface area contributed by atoms with Gasteiger partial charge >= 0.3 is 0 Å². The molecule has 130 valence electrons. The molecule has 0 bridgehead atoms. The fourth-order valence-corrected chi connectivity index (χ4v) is 2.51. The number of halogens is 1. The van der Waals surface area contributed by atoms with Gasteiger partial charge in [0.15, 0.2) is 0 Å². The Kier molecular flexibility index (Phi) is 6.89. The highest BCUT2D eigenvalue weighted by atomic mass is 19.1. The van der Waals surface area contributed by atoms with Crippen molar-refractivity contribution in [2.24, 2.45) is 4.99 Å². The summed E-state index contributed by atoms with van der Waals surface area (Å²) in [6, 6.07) is 4.87. The summed E-state index contributed by atoms with van der Waals surface area (Å²) in [5.74, 6) is 0.217. The molecular weight excluding hydrogens is 311 g/mol. The molecule has 0 amide bonds. The number of hydrogen-bond acceptors (Lipinski definition) is 6. The molecule has 1 fully saturated rings. The summed E-state index contributed by atoms with van der Waals surface area (Å²) in [5, 5.41) is 9.46. The molecule has 2 aliphatic rings. The summed E-state index contributed by atoms with van der Waals surface area (Å²) in [5.41, 5.74) is 2.29. The minimum absolute atomic E-state index is 0.0884. The molecule has 0 spiro atoms. The van der Waals surface area contributed by atoms with Crippen LogP contribution in [0.2, 0.25) is 0 Å². The SMILES string of the molecule is COC.O=CCc1ccc(NC2=NC3CNCCC3=CN2)cc1F. The van der Waals surface area contributed by atoms with E-state index < -0.39 is 0 Å². The lowest BCUT2D eigenvalue weighted by Gasteiger charge is -2.28. The lowest BCUT2D eigenvalue weighted by atomic mass is 10.0. The van der Waals surface area contributed by atoms with Crippen molar-refractivity contribution in [3.05, 3.63) is 41.4 Å². The maximum absolute atomic E-state index is 13.8. The number of carbonyl (C=O) groups excluding carboxylic acids is 1. The van der Waals surface area contributed by atoms with Gasteiger partial charge in [-0.25, -0.2) is 9.38 Å². The Hall–Kier alpha value is -2.25. The van der Waals surface area contributed by atoms with Crippen LogP contribution in [0.15, 0.2) is 35.0 Å². The van der Waals surface area contributed by atoms with Crippen molar-refractivity contribution in [3.63, 3.8) is 0 Å². The Morgan fingerprint density at radius 1 is 1.46 bits per heavy atom. The number of carbonyl (C=O) groups is 1. The molecule has 3 rings (SSSR count). The zero-order valence-electron chi connectivity index (χ0n) is 13.9. The molecule has 0 saturated carbocycles. The molecule has 3 N–H and O–H groups in total. The molecule has 1 atom stereocenters. The smallest absolute Gasteiger partial charge is 0.200 e. The molecule has 6 nitrogen and oxygen atoms in total. The van der Waals surface area contributed by atoms with Gasteiger partial charge in [0.05, 0.1) is 6.04 Å². The Balaban J connectivity index is 0.000000647. The van der Waals surface area contributed by atoms with Crippen molar-refractivity contribution in [2.45, 2.75) is 18.9 Å². The Morgan fingerprint density at radius 2 is 2.25 bits per heavy atom. The number of fused-ring (bicyclic) bond motifs is 1. The fraction of sp³-hybridized carbons (Fsp3) is 0.412. The minimum Gasteiger partial charge on any atom is -0.388 e. The summed E-state index contributed by atoms with van der Waals surface area (Å²) in [7, 11) is 3.25. The van der Waals surface area contributed by atoms with Gasteiger partial charge in [-0.3, -0.25) is 0 Å². The zero-order chi connectivity index (χ0) is 17.4. The van der Waals surface area contributed by atoms with E-state index in [0.29, 0.717) is 23.5 Å². The van der Waals surface area contributed by atoms with Gasteiger partial charge in [-0.05, 0) is 36.2 Å². The van der Waals surface area contributed by atoms with Gasteiger partial charge in [0.2, 0.25) is 5.96 Å². The highest BCUT2D eigenvalue weighted by Crippen LogP contribution is 2.18. The molecule has 2 aliphatic heterocycles. The van der Waals surface area contributed by atoms with E-state index in [-0.39, 0.29) is 18.3 Å². The zero-order valence-corrected chi connectivity index (χ0v) is 13.9. The lowest BCUT2D eigenvalue weighted by Crippen LogP contribution is -2.41. The van der Waals surface area contributed by atoms with Crippen LogP contribution < -0.4 is 16.0 Å². The largest absolute Gasteiger partial charge is 0.388 e. The van der Waals surface area contributed by atoms with Gasteiger partial charge in [0, 0.05) is 39.1 Å². The standard InChI is InChI=1S/C15H17FN4O.C2H6O/c16-13-7-12(2-1-10(13)4-6-21)19-15-18-8-11-3-5-17-9-14(11)20-15;1-3-2/h1-2,6-8,14,17H,3-5,9H2,(H2,18,19,20);1-2H3. The first kappa shape index (κ1) is 18.1. The van der Waals surface area contributed by atoms with E-state index in [1.807, 2.05) is 6.20 Å². The first-order valence-electron chi connectivity index (χ1n) is 7.81.